The van der Waals surface area contributed by atoms with Crippen molar-refractivity contribution in [2.45, 2.75) is 184 Å². The first-order chi connectivity index (χ1) is 46.9. The van der Waals surface area contributed by atoms with Crippen LogP contribution in [0.3, 0.4) is 0 Å². The molecule has 98 heavy (non-hydrogen) atoms. The van der Waals surface area contributed by atoms with Crippen LogP contribution in [-0.4, -0.2) is 198 Å². The monoisotopic (exact) mass is 1410 g/mol. The number of primary amides is 3. The van der Waals surface area contributed by atoms with Gasteiger partial charge in [-0.25, -0.2) is 0 Å². The molecule has 2 saturated heterocycles. The second kappa shape index (κ2) is 44.7. The first kappa shape index (κ1) is 81.4. The van der Waals surface area contributed by atoms with Gasteiger partial charge in [0, 0.05) is 43.7 Å². The van der Waals surface area contributed by atoms with Crippen molar-refractivity contribution < 1.29 is 77.0 Å². The molecule has 0 saturated carbocycles. The van der Waals surface area contributed by atoms with Gasteiger partial charge in [-0.3, -0.25) is 71.9 Å². The standard InChI is InChI=1S/C64H96N16O16S2/c1-2-3-4-5-6-7-8-9-13-21-53(85)69-34-54(86)70-35-55(87)71-36-56(88)73-47-37-97-98-38-48(64(96)80-29-16-20-49(80)63(95)75-42(19-14-15-28-65)57(89)72-33-52(68)84)79-61(93)46(32-51(67)83)78-58(90)43(26-27-50(66)82)74-59(91)44(30-39-17-11-10-12-18-39)76-60(92)45(77-62(47)94)31-40-22-24-41(81)25-23-40/h10-12,17-18,22-25,42-49,81H,2-9,13-16,19-21,26-38,65H2,1H3,(H2,66,82)(H2,67,83)(H2,68,84)(H,69,85)(H,70,86)(H,71,87)(H,72,89)(H,73,88)(H,74,91)(H,75,95)(H,76,92)(H,77,94)(H,78,90)(H,79,93)/t42-,43-,44-,45+,46-,47-,48-,49-/m0/s1. The van der Waals surface area contributed by atoms with Gasteiger partial charge >= 0.3 is 0 Å². The van der Waals surface area contributed by atoms with E-state index in [2.05, 4.69) is 65.4 Å². The molecule has 8 atom stereocenters. The number of unbranched alkanes of at least 4 members (excludes halogenated alkanes) is 9. The van der Waals surface area contributed by atoms with Crippen LogP contribution in [0.25, 0.3) is 0 Å². The molecule has 15 amide bonds. The summed E-state index contributed by atoms with van der Waals surface area (Å²) in [5.74, 6) is -14.3. The van der Waals surface area contributed by atoms with Crippen LogP contribution < -0.4 is 81.4 Å². The number of phenolic OH excluding ortho intramolecular Hbond substituents is 1. The molecule has 2 aliphatic heterocycles. The van der Waals surface area contributed by atoms with Crippen molar-refractivity contribution in [2.24, 2.45) is 22.9 Å². The minimum absolute atomic E-state index is 0.0610. The molecule has 0 spiro atoms. The van der Waals surface area contributed by atoms with Gasteiger partial charge in [0.25, 0.3) is 0 Å². The summed E-state index contributed by atoms with van der Waals surface area (Å²) in [6.07, 6.45) is 8.56. The van der Waals surface area contributed by atoms with Crippen LogP contribution in [0.15, 0.2) is 54.6 Å². The normalized spacial score (nSPS) is 19.9. The van der Waals surface area contributed by atoms with Crippen molar-refractivity contribution in [3.8, 4) is 5.75 Å². The number of nitrogens with zero attached hydrogens (tertiary/aromatic N) is 1. The summed E-state index contributed by atoms with van der Waals surface area (Å²) in [4.78, 5) is 205. The highest BCUT2D eigenvalue weighted by Gasteiger charge is 2.41. The highest BCUT2D eigenvalue weighted by molar-refractivity contribution is 8.76. The topological polar surface area (TPSA) is 516 Å². The van der Waals surface area contributed by atoms with Crippen molar-refractivity contribution in [1.82, 2.24) is 63.4 Å². The molecule has 2 aromatic carbocycles. The molecule has 0 aliphatic carbocycles. The lowest BCUT2D eigenvalue weighted by atomic mass is 10.0. The number of nitrogens with one attached hydrogen (secondary N) is 11. The first-order valence-corrected chi connectivity index (χ1v) is 35.5. The summed E-state index contributed by atoms with van der Waals surface area (Å²) in [5, 5.41) is 37.7. The molecule has 20 N–H and O–H groups in total. The Morgan fingerprint density at radius 2 is 1.10 bits per heavy atom. The molecule has 2 aromatic rings. The Kier molecular flexibility index (Phi) is 37.1. The van der Waals surface area contributed by atoms with E-state index in [1.165, 1.54) is 49.9 Å². The Labute approximate surface area is 576 Å². The summed E-state index contributed by atoms with van der Waals surface area (Å²) in [7, 11) is 1.73. The lowest BCUT2D eigenvalue weighted by molar-refractivity contribution is -0.142. The maximum Gasteiger partial charge on any atom is 0.246 e. The number of aromatic hydroxyl groups is 1. The number of nitrogens with two attached hydrogens (primary N) is 4. The van der Waals surface area contributed by atoms with Crippen molar-refractivity contribution in [3.05, 3.63) is 65.7 Å². The van der Waals surface area contributed by atoms with E-state index < -0.39 is 182 Å². The molecule has 0 unspecified atom stereocenters. The van der Waals surface area contributed by atoms with Gasteiger partial charge in [-0.05, 0) is 74.8 Å². The molecule has 2 fully saturated rings. The average Bonchev–Trinajstić information content (AvgIpc) is 1.55. The smallest absolute Gasteiger partial charge is 0.246 e. The Balaban J connectivity index is 1.69. The zero-order chi connectivity index (χ0) is 71.9. The van der Waals surface area contributed by atoms with Crippen LogP contribution in [0.4, 0.5) is 0 Å². The first-order valence-electron chi connectivity index (χ1n) is 33.0. The van der Waals surface area contributed by atoms with E-state index in [-0.39, 0.29) is 69.0 Å². The summed E-state index contributed by atoms with van der Waals surface area (Å²) < 4.78 is 0. The number of likely N-dealkylation sites (tertiary alicyclic amines) is 1. The molecule has 0 radical (unpaired) electrons. The van der Waals surface area contributed by atoms with E-state index in [0.717, 1.165) is 52.2 Å². The third kappa shape index (κ3) is 31.4. The second-order valence-corrected chi connectivity index (χ2v) is 26.4. The summed E-state index contributed by atoms with van der Waals surface area (Å²) in [5.41, 5.74) is 22.9. The predicted molar refractivity (Wildman–Crippen MR) is 363 cm³/mol. The fourth-order valence-corrected chi connectivity index (χ4v) is 12.8. The predicted octanol–water partition coefficient (Wildman–Crippen LogP) is -2.90. The van der Waals surface area contributed by atoms with Gasteiger partial charge < -0.3 is 91.4 Å². The third-order valence-corrected chi connectivity index (χ3v) is 18.2. The van der Waals surface area contributed by atoms with Gasteiger partial charge in [0.15, 0.2) is 0 Å². The van der Waals surface area contributed by atoms with E-state index in [0.29, 0.717) is 30.4 Å². The van der Waals surface area contributed by atoms with E-state index >= 15 is 0 Å². The van der Waals surface area contributed by atoms with Gasteiger partial charge in [0.05, 0.1) is 32.6 Å². The molecule has 0 bridgehead atoms. The molecule has 34 heteroatoms. The van der Waals surface area contributed by atoms with Crippen molar-refractivity contribution in [2.75, 3.05) is 50.8 Å². The van der Waals surface area contributed by atoms with Crippen LogP contribution in [0.2, 0.25) is 0 Å². The maximum absolute atomic E-state index is 15.0. The Morgan fingerprint density at radius 3 is 1.70 bits per heavy atom. The minimum Gasteiger partial charge on any atom is -0.508 e. The molecule has 540 valence electrons. The van der Waals surface area contributed by atoms with Gasteiger partial charge in [0.2, 0.25) is 88.6 Å². The highest BCUT2D eigenvalue weighted by Crippen LogP contribution is 2.27. The third-order valence-electron chi connectivity index (χ3n) is 15.8. The quantitative estimate of drug-likeness (QED) is 0.0240. The number of rotatable bonds is 36. The molecule has 4 rings (SSSR count). The van der Waals surface area contributed by atoms with Crippen molar-refractivity contribution >= 4 is 110 Å². The number of hydrogen-bond acceptors (Lipinski definition) is 19. The van der Waals surface area contributed by atoms with Gasteiger partial charge in [0.1, 0.15) is 54.1 Å². The van der Waals surface area contributed by atoms with Crippen LogP contribution in [0, 0.1) is 0 Å². The molecule has 32 nitrogen and oxygen atoms in total. The SMILES string of the molecule is CCCCCCCCCCCC(=O)NCC(=O)NCC(=O)NCC(=O)N[C@H]1CSSC[C@@H](C(=O)N2CCC[C@H]2C(=O)N[C@@H](CCCCN)C(=O)NCC(N)=O)NC(=O)[C@H](CC(N)=O)NC(=O)[C@H](CCC(N)=O)NC(=O)[C@H](Cc2ccccc2)NC(=O)[C@@H](Cc2ccc(O)cc2)NC1=O. The van der Waals surface area contributed by atoms with E-state index in [4.69, 9.17) is 22.9 Å². The minimum atomic E-state index is -1.88. The summed E-state index contributed by atoms with van der Waals surface area (Å²) in [6, 6.07) is 1.36. The Hall–Kier alpha value is -9.05. The van der Waals surface area contributed by atoms with Gasteiger partial charge in [-0.15, -0.1) is 0 Å². The second-order valence-electron chi connectivity index (χ2n) is 23.9. The van der Waals surface area contributed by atoms with Gasteiger partial charge in [-0.2, -0.15) is 0 Å². The largest absolute Gasteiger partial charge is 0.508 e. The lowest BCUT2D eigenvalue weighted by Gasteiger charge is -2.31. The van der Waals surface area contributed by atoms with E-state index in [1.807, 2.05) is 0 Å². The number of hydrogen-bond donors (Lipinski definition) is 16. The number of carbonyl (C=O) groups is 15. The van der Waals surface area contributed by atoms with Crippen LogP contribution in [-0.2, 0) is 84.8 Å². The van der Waals surface area contributed by atoms with Crippen LogP contribution >= 0.6 is 21.6 Å². The molecular weight excluding hydrogens is 1310 g/mol. The number of benzene rings is 2. The highest BCUT2D eigenvalue weighted by atomic mass is 33.1. The van der Waals surface area contributed by atoms with Crippen LogP contribution in [0.5, 0.6) is 5.75 Å². The zero-order valence-electron chi connectivity index (χ0n) is 55.3. The summed E-state index contributed by atoms with van der Waals surface area (Å²) in [6.45, 7) is 0.0463. The molecule has 2 heterocycles. The fourth-order valence-electron chi connectivity index (χ4n) is 10.5. The van der Waals surface area contributed by atoms with E-state index in [1.54, 1.807) is 30.3 Å². The number of carbonyl (C=O) groups excluding carboxylic acids is 15. The Bertz CT molecular complexity index is 3040. The Morgan fingerprint density at radius 1 is 0.561 bits per heavy atom. The lowest BCUT2D eigenvalue weighted by Crippen LogP contribution is -2.61. The van der Waals surface area contributed by atoms with Gasteiger partial charge in [-0.1, -0.05) is 122 Å². The number of amides is 15. The van der Waals surface area contributed by atoms with Crippen molar-refractivity contribution in [1.29, 1.82) is 0 Å². The number of phenols is 1. The van der Waals surface area contributed by atoms with Crippen LogP contribution in [0.1, 0.15) is 134 Å². The molecule has 2 aliphatic rings. The fraction of sp³-hybridized carbons (Fsp3) is 0.578. The molecular formula is C64H96N16O16S2. The summed E-state index contributed by atoms with van der Waals surface area (Å²) >= 11 is 0. The molecule has 0 aromatic heterocycles. The maximum atomic E-state index is 15.0. The zero-order valence-corrected chi connectivity index (χ0v) is 56.9. The van der Waals surface area contributed by atoms with Crippen molar-refractivity contribution in [3.63, 3.8) is 0 Å². The van der Waals surface area contributed by atoms with E-state index in [9.17, 15) is 77.0 Å². The average molecular weight is 1410 g/mol.